The number of benzene rings is 2. The first-order valence-corrected chi connectivity index (χ1v) is 11.0. The van der Waals surface area contributed by atoms with Crippen molar-refractivity contribution in [2.75, 3.05) is 11.4 Å². The number of fused-ring (bicyclic) bond motifs is 3. The van der Waals surface area contributed by atoms with Gasteiger partial charge in [-0.2, -0.15) is 13.2 Å². The van der Waals surface area contributed by atoms with Gasteiger partial charge in [0.1, 0.15) is 11.7 Å². The third-order valence-electron chi connectivity index (χ3n) is 6.17. The van der Waals surface area contributed by atoms with E-state index in [-0.39, 0.29) is 46.1 Å². The van der Waals surface area contributed by atoms with E-state index >= 15 is 4.39 Å². The lowest BCUT2D eigenvalue weighted by Gasteiger charge is -2.36. The molecule has 1 aliphatic rings. The number of hydrogen-bond acceptors (Lipinski definition) is 3. The van der Waals surface area contributed by atoms with E-state index in [9.17, 15) is 22.0 Å². The zero-order valence-corrected chi connectivity index (χ0v) is 19.1. The van der Waals surface area contributed by atoms with Gasteiger partial charge in [-0.25, -0.2) is 23.1 Å². The molecule has 3 heterocycles. The molecule has 1 unspecified atom stereocenters. The van der Waals surface area contributed by atoms with Crippen LogP contribution in [0.15, 0.2) is 30.3 Å². The minimum Gasteiger partial charge on any atom is -0.356 e. The van der Waals surface area contributed by atoms with Gasteiger partial charge in [-0.15, -0.1) is 0 Å². The van der Waals surface area contributed by atoms with Crippen LogP contribution in [0.25, 0.3) is 10.9 Å². The molecular weight excluding hydrogens is 494 g/mol. The van der Waals surface area contributed by atoms with Gasteiger partial charge < -0.3 is 9.88 Å². The number of rotatable bonds is 2. The number of H-pyrrole nitrogens is 1. The van der Waals surface area contributed by atoms with E-state index in [0.29, 0.717) is 16.8 Å². The Kier molecular flexibility index (Phi) is 5.47. The predicted octanol–water partition coefficient (Wildman–Crippen LogP) is 6.82. The number of aryl methyl sites for hydroxylation is 2. The van der Waals surface area contributed by atoms with Crippen LogP contribution in [0.1, 0.15) is 39.8 Å². The third kappa shape index (κ3) is 3.80. The Morgan fingerprint density at radius 1 is 1.00 bits per heavy atom. The highest BCUT2D eigenvalue weighted by molar-refractivity contribution is 6.31. The Morgan fingerprint density at radius 3 is 2.46 bits per heavy atom. The Morgan fingerprint density at radius 2 is 1.74 bits per heavy atom. The Labute approximate surface area is 200 Å². The van der Waals surface area contributed by atoms with E-state index in [1.165, 1.54) is 36.9 Å². The molecule has 4 nitrogen and oxygen atoms in total. The summed E-state index contributed by atoms with van der Waals surface area (Å²) in [5, 5.41) is 0.0916. The van der Waals surface area contributed by atoms with Gasteiger partial charge in [-0.05, 0) is 49.6 Å². The lowest BCUT2D eigenvalue weighted by molar-refractivity contribution is -0.141. The van der Waals surface area contributed by atoms with Gasteiger partial charge in [-0.3, -0.25) is 0 Å². The van der Waals surface area contributed by atoms with Crippen molar-refractivity contribution in [3.8, 4) is 0 Å². The van der Waals surface area contributed by atoms with Crippen molar-refractivity contribution < 1.29 is 26.3 Å². The predicted molar refractivity (Wildman–Crippen MR) is 119 cm³/mol. The first-order chi connectivity index (χ1) is 16.5. The van der Waals surface area contributed by atoms with Crippen LogP contribution in [0.2, 0.25) is 5.02 Å². The molecule has 2 aromatic heterocycles. The SMILES string of the molecule is Cc1cc(C(F)(F)F)nc(N2CCc3c([nH]c4ccc(Cl)c(F)c34)C2c2ccc(C)c(F)c2F)n1. The first-order valence-electron chi connectivity index (χ1n) is 10.6. The van der Waals surface area contributed by atoms with Crippen molar-refractivity contribution in [1.82, 2.24) is 15.0 Å². The van der Waals surface area contributed by atoms with Gasteiger partial charge in [0, 0.05) is 34.4 Å². The van der Waals surface area contributed by atoms with Gasteiger partial charge in [-0.1, -0.05) is 23.7 Å². The Bertz CT molecular complexity index is 1480. The van der Waals surface area contributed by atoms with Gasteiger partial charge in [0.15, 0.2) is 17.5 Å². The van der Waals surface area contributed by atoms with E-state index in [4.69, 9.17) is 11.6 Å². The molecule has 11 heteroatoms. The van der Waals surface area contributed by atoms with E-state index in [1.807, 2.05) is 0 Å². The summed E-state index contributed by atoms with van der Waals surface area (Å²) in [7, 11) is 0. The maximum Gasteiger partial charge on any atom is 0.433 e. The Hall–Kier alpha value is -3.27. The molecule has 0 bridgehead atoms. The molecule has 1 aliphatic heterocycles. The minimum absolute atomic E-state index is 0.0201. The molecule has 0 spiro atoms. The molecule has 0 fully saturated rings. The highest BCUT2D eigenvalue weighted by Gasteiger charge is 2.39. The summed E-state index contributed by atoms with van der Waals surface area (Å²) in [6.07, 6.45) is -4.56. The molecule has 0 radical (unpaired) electrons. The molecule has 182 valence electrons. The van der Waals surface area contributed by atoms with Crippen molar-refractivity contribution >= 4 is 28.5 Å². The largest absolute Gasteiger partial charge is 0.433 e. The minimum atomic E-state index is -4.74. The van der Waals surface area contributed by atoms with Gasteiger partial charge in [0.2, 0.25) is 5.95 Å². The van der Waals surface area contributed by atoms with Gasteiger partial charge in [0.05, 0.1) is 5.02 Å². The number of aromatic nitrogens is 3. The molecule has 0 saturated carbocycles. The zero-order chi connectivity index (χ0) is 25.2. The zero-order valence-electron chi connectivity index (χ0n) is 18.4. The smallest absolute Gasteiger partial charge is 0.356 e. The van der Waals surface area contributed by atoms with Crippen LogP contribution in [0.3, 0.4) is 0 Å². The number of anilines is 1. The summed E-state index contributed by atoms with van der Waals surface area (Å²) in [6, 6.07) is 5.30. The fourth-order valence-electron chi connectivity index (χ4n) is 4.55. The summed E-state index contributed by atoms with van der Waals surface area (Å²) in [4.78, 5) is 12.3. The quantitative estimate of drug-likeness (QED) is 0.301. The first kappa shape index (κ1) is 23.5. The highest BCUT2D eigenvalue weighted by atomic mass is 35.5. The summed E-state index contributed by atoms with van der Waals surface area (Å²) < 4.78 is 85.2. The maximum atomic E-state index is 15.2. The summed E-state index contributed by atoms with van der Waals surface area (Å²) in [6.45, 7) is 2.80. The lowest BCUT2D eigenvalue weighted by Crippen LogP contribution is -2.38. The summed E-state index contributed by atoms with van der Waals surface area (Å²) >= 11 is 5.97. The fourth-order valence-corrected chi connectivity index (χ4v) is 4.71. The lowest BCUT2D eigenvalue weighted by atomic mass is 9.91. The second-order valence-corrected chi connectivity index (χ2v) is 8.85. The summed E-state index contributed by atoms with van der Waals surface area (Å²) in [5.41, 5.74) is -0.0387. The van der Waals surface area contributed by atoms with Gasteiger partial charge >= 0.3 is 6.18 Å². The Balaban J connectivity index is 1.78. The van der Waals surface area contributed by atoms with Crippen LogP contribution in [-0.4, -0.2) is 21.5 Å². The number of nitrogens with one attached hydrogen (secondary N) is 1. The molecule has 0 aliphatic carbocycles. The summed E-state index contributed by atoms with van der Waals surface area (Å²) in [5.74, 6) is -3.21. The van der Waals surface area contributed by atoms with Crippen molar-refractivity contribution in [2.45, 2.75) is 32.5 Å². The van der Waals surface area contributed by atoms with Crippen LogP contribution in [-0.2, 0) is 12.6 Å². The molecular formula is C24H17ClF6N4. The maximum absolute atomic E-state index is 15.2. The second-order valence-electron chi connectivity index (χ2n) is 8.44. The van der Waals surface area contributed by atoms with Crippen LogP contribution in [0, 0.1) is 31.3 Å². The number of halogens is 7. The van der Waals surface area contributed by atoms with E-state index in [0.717, 1.165) is 6.07 Å². The molecule has 0 saturated heterocycles. The van der Waals surface area contributed by atoms with E-state index in [2.05, 4.69) is 15.0 Å². The van der Waals surface area contributed by atoms with Crippen molar-refractivity contribution in [3.63, 3.8) is 0 Å². The standard InChI is InChI=1S/C24H17ClF6N4/c1-10-3-4-13(19(27)18(10)26)22-21-12(17-15(33-21)6-5-14(25)20(17)28)7-8-35(22)23-32-11(2)9-16(34-23)24(29,30)31/h3-6,9,22,33H,7-8H2,1-2H3. The average molecular weight is 511 g/mol. The van der Waals surface area contributed by atoms with Crippen molar-refractivity contribution in [1.29, 1.82) is 0 Å². The van der Waals surface area contributed by atoms with Crippen LogP contribution in [0.4, 0.5) is 32.3 Å². The van der Waals surface area contributed by atoms with E-state index < -0.39 is 35.4 Å². The number of nitrogens with zero attached hydrogens (tertiary/aromatic N) is 3. The number of hydrogen-bond donors (Lipinski definition) is 1. The molecule has 1 N–H and O–H groups in total. The molecule has 0 amide bonds. The number of alkyl halides is 3. The van der Waals surface area contributed by atoms with Crippen molar-refractivity contribution in [2.24, 2.45) is 0 Å². The monoisotopic (exact) mass is 510 g/mol. The van der Waals surface area contributed by atoms with Gasteiger partial charge in [0.25, 0.3) is 0 Å². The normalized spacial score (nSPS) is 16.1. The average Bonchev–Trinajstić information content (AvgIpc) is 3.18. The number of aromatic amines is 1. The second kappa shape index (κ2) is 8.15. The molecule has 1 atom stereocenters. The molecule has 2 aromatic carbocycles. The van der Waals surface area contributed by atoms with E-state index in [1.54, 1.807) is 6.07 Å². The third-order valence-corrected chi connectivity index (χ3v) is 6.46. The highest BCUT2D eigenvalue weighted by Crippen LogP contribution is 2.43. The fraction of sp³-hybridized carbons (Fsp3) is 0.250. The molecule has 5 rings (SSSR count). The molecule has 4 aromatic rings. The van der Waals surface area contributed by atoms with Crippen LogP contribution < -0.4 is 4.90 Å². The van der Waals surface area contributed by atoms with Crippen LogP contribution >= 0.6 is 11.6 Å². The van der Waals surface area contributed by atoms with Crippen LogP contribution in [0.5, 0.6) is 0 Å². The topological polar surface area (TPSA) is 44.8 Å². The molecule has 35 heavy (non-hydrogen) atoms. The van der Waals surface area contributed by atoms with Crippen molar-refractivity contribution in [3.05, 3.63) is 86.6 Å².